The number of aromatic nitrogens is 2. The van der Waals surface area contributed by atoms with Crippen LogP contribution < -0.4 is 0 Å². The molecule has 0 saturated carbocycles. The molecule has 1 aromatic carbocycles. The van der Waals surface area contributed by atoms with Crippen LogP contribution in [0.3, 0.4) is 0 Å². The van der Waals surface area contributed by atoms with Crippen LogP contribution in [0.4, 0.5) is 4.39 Å². The van der Waals surface area contributed by atoms with Gasteiger partial charge in [-0.25, -0.2) is 23.9 Å². The number of nitrogens with zero attached hydrogens (tertiary/aromatic N) is 2. The molecule has 96 valence electrons. The number of aromatic carboxylic acids is 2. The lowest BCUT2D eigenvalue weighted by atomic mass is 10.1. The number of carboxylic acids is 2. The Hall–Kier alpha value is -2.83. The molecule has 2 N–H and O–H groups in total. The summed E-state index contributed by atoms with van der Waals surface area (Å²) in [7, 11) is 0. The third kappa shape index (κ3) is 2.39. The van der Waals surface area contributed by atoms with Crippen LogP contribution in [-0.4, -0.2) is 32.1 Å². The zero-order valence-corrected chi connectivity index (χ0v) is 9.37. The van der Waals surface area contributed by atoms with Crippen molar-refractivity contribution in [1.29, 1.82) is 0 Å². The van der Waals surface area contributed by atoms with Crippen LogP contribution in [0.2, 0.25) is 0 Å². The maximum Gasteiger partial charge on any atom is 0.357 e. The highest BCUT2D eigenvalue weighted by Crippen LogP contribution is 2.20. The van der Waals surface area contributed by atoms with Gasteiger partial charge in [-0.2, -0.15) is 0 Å². The molecule has 0 spiro atoms. The fourth-order valence-electron chi connectivity index (χ4n) is 1.49. The predicted molar refractivity (Wildman–Crippen MR) is 61.3 cm³/mol. The number of carboxylic acid groups (broad SMARTS) is 2. The Morgan fingerprint density at radius 1 is 1.05 bits per heavy atom. The molecule has 0 amide bonds. The van der Waals surface area contributed by atoms with Gasteiger partial charge in [0.1, 0.15) is 5.82 Å². The summed E-state index contributed by atoms with van der Waals surface area (Å²) >= 11 is 0. The number of hydrogen-bond acceptors (Lipinski definition) is 4. The molecule has 7 heteroatoms. The van der Waals surface area contributed by atoms with Gasteiger partial charge < -0.3 is 10.2 Å². The lowest BCUT2D eigenvalue weighted by Gasteiger charge is -2.05. The first-order valence-corrected chi connectivity index (χ1v) is 5.09. The quantitative estimate of drug-likeness (QED) is 0.872. The van der Waals surface area contributed by atoms with Crippen LogP contribution >= 0.6 is 0 Å². The molecule has 0 unspecified atom stereocenters. The van der Waals surface area contributed by atoms with Crippen LogP contribution in [0, 0.1) is 5.82 Å². The van der Waals surface area contributed by atoms with Crippen molar-refractivity contribution in [2.45, 2.75) is 0 Å². The minimum absolute atomic E-state index is 0.0412. The largest absolute Gasteiger partial charge is 0.476 e. The standard InChI is InChI=1S/C12H7FN2O4/c13-7-4-2-1-3-6(7)8-5-14-9(11(16)17)10(15-8)12(18)19/h1-5H,(H,16,17)(H,18,19). The Morgan fingerprint density at radius 2 is 1.68 bits per heavy atom. The molecule has 2 aromatic rings. The van der Waals surface area contributed by atoms with E-state index in [4.69, 9.17) is 10.2 Å². The van der Waals surface area contributed by atoms with Gasteiger partial charge >= 0.3 is 11.9 Å². The van der Waals surface area contributed by atoms with Crippen LogP contribution in [0.5, 0.6) is 0 Å². The predicted octanol–water partition coefficient (Wildman–Crippen LogP) is 1.68. The van der Waals surface area contributed by atoms with Crippen molar-refractivity contribution in [3.63, 3.8) is 0 Å². The molecule has 0 aliphatic carbocycles. The maximum absolute atomic E-state index is 13.5. The van der Waals surface area contributed by atoms with Crippen molar-refractivity contribution in [3.05, 3.63) is 47.7 Å². The van der Waals surface area contributed by atoms with E-state index in [0.717, 1.165) is 6.20 Å². The Labute approximate surface area is 106 Å². The first-order chi connectivity index (χ1) is 9.00. The molecular weight excluding hydrogens is 255 g/mol. The van der Waals surface area contributed by atoms with E-state index in [1.165, 1.54) is 18.2 Å². The van der Waals surface area contributed by atoms with Crippen LogP contribution in [0.15, 0.2) is 30.5 Å². The van der Waals surface area contributed by atoms with E-state index in [1.807, 2.05) is 0 Å². The lowest BCUT2D eigenvalue weighted by molar-refractivity contribution is 0.0641. The Kier molecular flexibility index (Phi) is 3.19. The number of benzene rings is 1. The normalized spacial score (nSPS) is 10.2. The van der Waals surface area contributed by atoms with E-state index in [1.54, 1.807) is 6.07 Å². The van der Waals surface area contributed by atoms with Crippen LogP contribution in [0.1, 0.15) is 21.0 Å². The average molecular weight is 262 g/mol. The summed E-state index contributed by atoms with van der Waals surface area (Å²) < 4.78 is 13.5. The van der Waals surface area contributed by atoms with Gasteiger partial charge in [0.15, 0.2) is 11.4 Å². The van der Waals surface area contributed by atoms with Gasteiger partial charge in [0, 0.05) is 5.56 Å². The van der Waals surface area contributed by atoms with Crippen LogP contribution in [0.25, 0.3) is 11.3 Å². The molecule has 6 nitrogen and oxygen atoms in total. The van der Waals surface area contributed by atoms with Gasteiger partial charge in [0.2, 0.25) is 0 Å². The number of rotatable bonds is 3. The molecule has 1 heterocycles. The zero-order chi connectivity index (χ0) is 14.0. The Balaban J connectivity index is 2.62. The van der Waals surface area contributed by atoms with Crippen LogP contribution in [-0.2, 0) is 0 Å². The molecule has 0 aliphatic rings. The van der Waals surface area contributed by atoms with Gasteiger partial charge in [-0.3, -0.25) is 0 Å². The second-order valence-electron chi connectivity index (χ2n) is 3.54. The summed E-state index contributed by atoms with van der Waals surface area (Å²) in [6.45, 7) is 0. The molecule has 0 aliphatic heterocycles. The summed E-state index contributed by atoms with van der Waals surface area (Å²) in [6.07, 6.45) is 1.02. The summed E-state index contributed by atoms with van der Waals surface area (Å²) in [5, 5.41) is 17.7. The van der Waals surface area contributed by atoms with Gasteiger partial charge in [-0.15, -0.1) is 0 Å². The average Bonchev–Trinajstić information content (AvgIpc) is 2.38. The minimum Gasteiger partial charge on any atom is -0.476 e. The van der Waals surface area contributed by atoms with Crippen molar-refractivity contribution in [2.24, 2.45) is 0 Å². The third-order valence-electron chi connectivity index (χ3n) is 2.33. The minimum atomic E-state index is -1.54. The van der Waals surface area contributed by atoms with E-state index in [9.17, 15) is 14.0 Å². The van der Waals surface area contributed by atoms with E-state index in [2.05, 4.69) is 9.97 Å². The van der Waals surface area contributed by atoms with E-state index in [-0.39, 0.29) is 11.3 Å². The zero-order valence-electron chi connectivity index (χ0n) is 9.37. The van der Waals surface area contributed by atoms with Crippen molar-refractivity contribution in [1.82, 2.24) is 9.97 Å². The molecule has 0 atom stereocenters. The number of hydrogen-bond donors (Lipinski definition) is 2. The maximum atomic E-state index is 13.5. The summed E-state index contributed by atoms with van der Waals surface area (Å²) in [5.41, 5.74) is -1.41. The molecule has 19 heavy (non-hydrogen) atoms. The summed E-state index contributed by atoms with van der Waals surface area (Å²) in [6, 6.07) is 5.59. The van der Waals surface area contributed by atoms with Crippen molar-refractivity contribution < 1.29 is 24.2 Å². The first kappa shape index (κ1) is 12.6. The smallest absolute Gasteiger partial charge is 0.357 e. The molecule has 0 bridgehead atoms. The van der Waals surface area contributed by atoms with Gasteiger partial charge in [-0.05, 0) is 12.1 Å². The molecule has 1 aromatic heterocycles. The highest BCUT2D eigenvalue weighted by molar-refractivity contribution is 5.99. The SMILES string of the molecule is O=C(O)c1ncc(-c2ccccc2F)nc1C(=O)O. The van der Waals surface area contributed by atoms with Gasteiger partial charge in [0.05, 0.1) is 11.9 Å². The van der Waals surface area contributed by atoms with Gasteiger partial charge in [0.25, 0.3) is 0 Å². The van der Waals surface area contributed by atoms with Gasteiger partial charge in [-0.1, -0.05) is 12.1 Å². The highest BCUT2D eigenvalue weighted by atomic mass is 19.1. The summed E-state index contributed by atoms with van der Waals surface area (Å²) in [4.78, 5) is 28.9. The van der Waals surface area contributed by atoms with E-state index < -0.39 is 29.1 Å². The van der Waals surface area contributed by atoms with Crippen molar-refractivity contribution in [2.75, 3.05) is 0 Å². The monoisotopic (exact) mass is 262 g/mol. The fraction of sp³-hybridized carbons (Fsp3) is 0. The number of halogens is 1. The topological polar surface area (TPSA) is 100 Å². The lowest BCUT2D eigenvalue weighted by Crippen LogP contribution is -2.13. The second-order valence-corrected chi connectivity index (χ2v) is 3.54. The highest BCUT2D eigenvalue weighted by Gasteiger charge is 2.21. The van der Waals surface area contributed by atoms with Crippen molar-refractivity contribution >= 4 is 11.9 Å². The first-order valence-electron chi connectivity index (χ1n) is 5.09. The van der Waals surface area contributed by atoms with E-state index in [0.29, 0.717) is 0 Å². The molecular formula is C12H7FN2O4. The Bertz CT molecular complexity index is 673. The molecule has 2 rings (SSSR count). The molecule has 0 radical (unpaired) electrons. The molecule has 0 fully saturated rings. The molecule has 0 saturated heterocycles. The fourth-order valence-corrected chi connectivity index (χ4v) is 1.49. The summed E-state index contributed by atoms with van der Waals surface area (Å²) in [5.74, 6) is -3.65. The Morgan fingerprint density at radius 3 is 2.26 bits per heavy atom. The number of carbonyl (C=O) groups is 2. The second kappa shape index (κ2) is 4.81. The third-order valence-corrected chi connectivity index (χ3v) is 2.33. The van der Waals surface area contributed by atoms with Crippen molar-refractivity contribution in [3.8, 4) is 11.3 Å². The van der Waals surface area contributed by atoms with E-state index >= 15 is 0 Å².